The molecule has 0 radical (unpaired) electrons. The zero-order valence-electron chi connectivity index (χ0n) is 24.9. The molecule has 3 nitrogen and oxygen atoms in total. The highest BCUT2D eigenvalue weighted by Crippen LogP contribution is 2.39. The molecule has 2 aromatic heterocycles. The second-order valence-corrected chi connectivity index (χ2v) is 11.7. The van der Waals surface area contributed by atoms with E-state index in [4.69, 9.17) is 0 Å². The Bertz CT molecular complexity index is 2620. The topological polar surface area (TPSA) is 33.6 Å². The standard InChI is InChI=1S/C43H27N3/c44-28-29-15-20-35(21-16-29)46-40-14-8-7-13-36(40)37-26-32(18-23-41(37)46)33-19-24-43-39(27-33)38-25-31(30-9-3-1-4-10-30)17-22-42(38)45(43)34-11-5-2-6-12-34/h1-27H. The van der Waals surface area contributed by atoms with Crippen molar-refractivity contribution in [2.45, 2.75) is 0 Å². The van der Waals surface area contributed by atoms with Crippen LogP contribution < -0.4 is 0 Å². The van der Waals surface area contributed by atoms with E-state index in [2.05, 4.69) is 155 Å². The largest absolute Gasteiger partial charge is 0.309 e. The van der Waals surface area contributed by atoms with Crippen LogP contribution in [-0.4, -0.2) is 9.13 Å². The first-order valence-electron chi connectivity index (χ1n) is 15.5. The minimum atomic E-state index is 0.659. The normalized spacial score (nSPS) is 11.5. The summed E-state index contributed by atoms with van der Waals surface area (Å²) in [5.41, 5.74) is 12.3. The molecule has 0 atom stereocenters. The van der Waals surface area contributed by atoms with E-state index in [1.165, 1.54) is 54.8 Å². The number of rotatable bonds is 4. The van der Waals surface area contributed by atoms with Gasteiger partial charge >= 0.3 is 0 Å². The molecule has 0 aliphatic carbocycles. The van der Waals surface area contributed by atoms with E-state index in [1.54, 1.807) is 0 Å². The lowest BCUT2D eigenvalue weighted by molar-refractivity contribution is 1.18. The number of para-hydroxylation sites is 2. The molecular formula is C43H27N3. The summed E-state index contributed by atoms with van der Waals surface area (Å²) in [5.74, 6) is 0. The van der Waals surface area contributed by atoms with Gasteiger partial charge in [-0.1, -0.05) is 84.9 Å². The second kappa shape index (κ2) is 10.4. The summed E-state index contributed by atoms with van der Waals surface area (Å²) in [4.78, 5) is 0. The molecule has 0 N–H and O–H groups in total. The van der Waals surface area contributed by atoms with Crippen molar-refractivity contribution in [2.75, 3.05) is 0 Å². The van der Waals surface area contributed by atoms with Crippen LogP contribution in [0.2, 0.25) is 0 Å². The minimum absolute atomic E-state index is 0.659. The summed E-state index contributed by atoms with van der Waals surface area (Å²) in [6, 6.07) is 60.3. The Labute approximate surface area is 266 Å². The van der Waals surface area contributed by atoms with Crippen molar-refractivity contribution in [1.82, 2.24) is 9.13 Å². The number of nitriles is 1. The van der Waals surface area contributed by atoms with Gasteiger partial charge in [0, 0.05) is 32.9 Å². The summed E-state index contributed by atoms with van der Waals surface area (Å²) in [6.07, 6.45) is 0. The number of benzene rings is 7. The quantitative estimate of drug-likeness (QED) is 0.202. The first-order chi connectivity index (χ1) is 22.8. The van der Waals surface area contributed by atoms with Gasteiger partial charge in [-0.15, -0.1) is 0 Å². The highest BCUT2D eigenvalue weighted by Gasteiger charge is 2.16. The zero-order valence-corrected chi connectivity index (χ0v) is 24.9. The summed E-state index contributed by atoms with van der Waals surface area (Å²) in [6.45, 7) is 0. The molecule has 9 rings (SSSR count). The molecule has 0 fully saturated rings. The third-order valence-corrected chi connectivity index (χ3v) is 9.15. The molecule has 0 bridgehead atoms. The molecule has 0 aliphatic rings. The van der Waals surface area contributed by atoms with Crippen molar-refractivity contribution < 1.29 is 0 Å². The van der Waals surface area contributed by atoms with E-state index in [1.807, 2.05) is 24.3 Å². The third kappa shape index (κ3) is 4.05. The average Bonchev–Trinajstić information content (AvgIpc) is 3.64. The SMILES string of the molecule is N#Cc1ccc(-n2c3ccccc3c3cc(-c4ccc5c(c4)c4cc(-c6ccccc6)ccc4n5-c4ccccc4)ccc32)cc1. The number of hydrogen-bond donors (Lipinski definition) is 0. The summed E-state index contributed by atoms with van der Waals surface area (Å²) >= 11 is 0. The lowest BCUT2D eigenvalue weighted by atomic mass is 9.99. The van der Waals surface area contributed by atoms with Gasteiger partial charge in [0.25, 0.3) is 0 Å². The smallest absolute Gasteiger partial charge is 0.0991 e. The van der Waals surface area contributed by atoms with Crippen LogP contribution >= 0.6 is 0 Å². The minimum Gasteiger partial charge on any atom is -0.309 e. The molecule has 214 valence electrons. The lowest BCUT2D eigenvalue weighted by Gasteiger charge is -2.09. The zero-order chi connectivity index (χ0) is 30.6. The van der Waals surface area contributed by atoms with Crippen LogP contribution in [-0.2, 0) is 0 Å². The Morgan fingerprint density at radius 3 is 1.35 bits per heavy atom. The number of aromatic nitrogens is 2. The summed E-state index contributed by atoms with van der Waals surface area (Å²) in [5, 5.41) is 14.2. The molecule has 0 unspecified atom stereocenters. The van der Waals surface area contributed by atoms with Gasteiger partial charge in [-0.2, -0.15) is 5.26 Å². The monoisotopic (exact) mass is 585 g/mol. The van der Waals surface area contributed by atoms with Crippen LogP contribution in [0.15, 0.2) is 164 Å². The van der Waals surface area contributed by atoms with Gasteiger partial charge in [0.1, 0.15) is 0 Å². The molecule has 46 heavy (non-hydrogen) atoms. The Morgan fingerprint density at radius 2 is 0.783 bits per heavy atom. The summed E-state index contributed by atoms with van der Waals surface area (Å²) < 4.78 is 4.66. The van der Waals surface area contributed by atoms with Crippen LogP contribution in [0.4, 0.5) is 0 Å². The average molecular weight is 586 g/mol. The van der Waals surface area contributed by atoms with Crippen molar-refractivity contribution in [2.24, 2.45) is 0 Å². The third-order valence-electron chi connectivity index (χ3n) is 9.15. The van der Waals surface area contributed by atoms with Gasteiger partial charge in [0.05, 0.1) is 33.7 Å². The van der Waals surface area contributed by atoms with E-state index in [0.717, 1.165) is 22.4 Å². The Kier molecular flexibility index (Phi) is 5.88. The highest BCUT2D eigenvalue weighted by molar-refractivity contribution is 6.13. The fourth-order valence-corrected chi connectivity index (χ4v) is 6.98. The molecule has 7 aromatic carbocycles. The van der Waals surface area contributed by atoms with E-state index >= 15 is 0 Å². The molecule has 2 heterocycles. The number of nitrogens with zero attached hydrogens (tertiary/aromatic N) is 3. The molecule has 3 heteroatoms. The number of hydrogen-bond acceptors (Lipinski definition) is 1. The lowest BCUT2D eigenvalue weighted by Crippen LogP contribution is -1.93. The van der Waals surface area contributed by atoms with Crippen LogP contribution in [0.1, 0.15) is 5.56 Å². The second-order valence-electron chi connectivity index (χ2n) is 11.7. The van der Waals surface area contributed by atoms with Gasteiger partial charge < -0.3 is 9.13 Å². The highest BCUT2D eigenvalue weighted by atomic mass is 15.0. The van der Waals surface area contributed by atoms with Crippen LogP contribution in [0.25, 0.3) is 77.2 Å². The fraction of sp³-hybridized carbons (Fsp3) is 0. The predicted octanol–water partition coefficient (Wildman–Crippen LogP) is 11.1. The van der Waals surface area contributed by atoms with E-state index in [0.29, 0.717) is 5.56 Å². The van der Waals surface area contributed by atoms with Gasteiger partial charge in [-0.05, 0) is 101 Å². The molecule has 9 aromatic rings. The molecule has 0 saturated carbocycles. The fourth-order valence-electron chi connectivity index (χ4n) is 6.98. The van der Waals surface area contributed by atoms with Crippen LogP contribution in [0, 0.1) is 11.3 Å². The van der Waals surface area contributed by atoms with E-state index < -0.39 is 0 Å². The molecular weight excluding hydrogens is 558 g/mol. The predicted molar refractivity (Wildman–Crippen MR) is 191 cm³/mol. The molecule has 0 saturated heterocycles. The Morgan fingerprint density at radius 1 is 0.348 bits per heavy atom. The van der Waals surface area contributed by atoms with Gasteiger partial charge in [-0.3, -0.25) is 0 Å². The van der Waals surface area contributed by atoms with E-state index in [-0.39, 0.29) is 0 Å². The van der Waals surface area contributed by atoms with Gasteiger partial charge in [-0.25, -0.2) is 0 Å². The molecule has 0 amide bonds. The van der Waals surface area contributed by atoms with Gasteiger partial charge in [0.15, 0.2) is 0 Å². The summed E-state index contributed by atoms with van der Waals surface area (Å²) in [7, 11) is 0. The Balaban J connectivity index is 1.26. The Hall–Kier alpha value is -6.37. The maximum atomic E-state index is 9.33. The first-order valence-corrected chi connectivity index (χ1v) is 15.5. The van der Waals surface area contributed by atoms with Crippen molar-refractivity contribution in [3.63, 3.8) is 0 Å². The maximum absolute atomic E-state index is 9.33. The van der Waals surface area contributed by atoms with Crippen LogP contribution in [0.3, 0.4) is 0 Å². The number of fused-ring (bicyclic) bond motifs is 6. The first kappa shape index (κ1) is 26.1. The van der Waals surface area contributed by atoms with E-state index in [9.17, 15) is 5.26 Å². The van der Waals surface area contributed by atoms with Crippen molar-refractivity contribution in [3.05, 3.63) is 169 Å². The molecule has 0 aliphatic heterocycles. The maximum Gasteiger partial charge on any atom is 0.0991 e. The van der Waals surface area contributed by atoms with Crippen LogP contribution in [0.5, 0.6) is 0 Å². The van der Waals surface area contributed by atoms with Crippen molar-refractivity contribution in [1.29, 1.82) is 5.26 Å². The molecule has 0 spiro atoms. The van der Waals surface area contributed by atoms with Crippen molar-refractivity contribution in [3.8, 4) is 39.7 Å². The van der Waals surface area contributed by atoms with Crippen molar-refractivity contribution >= 4 is 43.6 Å². The van der Waals surface area contributed by atoms with Gasteiger partial charge in [0.2, 0.25) is 0 Å².